The highest BCUT2D eigenvalue weighted by Crippen LogP contribution is 2.37. The van der Waals surface area contributed by atoms with Crippen LogP contribution in [0.25, 0.3) is 0 Å². The summed E-state index contributed by atoms with van der Waals surface area (Å²) in [6.07, 6.45) is 0. The molecule has 23 heavy (non-hydrogen) atoms. The van der Waals surface area contributed by atoms with Crippen molar-refractivity contribution in [1.82, 2.24) is 0 Å². The largest absolute Gasteiger partial charge is 0.446 e. The van der Waals surface area contributed by atoms with Crippen LogP contribution in [0, 0.1) is 12.7 Å². The van der Waals surface area contributed by atoms with E-state index in [1.54, 1.807) is 19.1 Å². The number of sulfonamides is 1. The van der Waals surface area contributed by atoms with Gasteiger partial charge in [-0.3, -0.25) is 4.72 Å². The van der Waals surface area contributed by atoms with E-state index in [2.05, 4.69) is 0 Å². The van der Waals surface area contributed by atoms with E-state index in [-0.39, 0.29) is 9.79 Å². The fourth-order valence-electron chi connectivity index (χ4n) is 1.70. The Balaban J connectivity index is 2.24. The number of anilines is 1. The Morgan fingerprint density at radius 1 is 1.04 bits per heavy atom. The van der Waals surface area contributed by atoms with Gasteiger partial charge < -0.3 is 0 Å². The van der Waals surface area contributed by atoms with Crippen molar-refractivity contribution in [1.29, 1.82) is 0 Å². The van der Waals surface area contributed by atoms with Crippen molar-refractivity contribution in [2.24, 2.45) is 0 Å². The highest BCUT2D eigenvalue weighted by atomic mass is 32.2. The van der Waals surface area contributed by atoms with E-state index in [9.17, 15) is 26.0 Å². The van der Waals surface area contributed by atoms with E-state index in [0.717, 1.165) is 17.7 Å². The fourth-order valence-corrected chi connectivity index (χ4v) is 3.33. The van der Waals surface area contributed by atoms with Gasteiger partial charge in [0.15, 0.2) is 0 Å². The first-order chi connectivity index (χ1) is 10.6. The molecule has 0 amide bonds. The second-order valence-electron chi connectivity index (χ2n) is 4.61. The summed E-state index contributed by atoms with van der Waals surface area (Å²) in [6, 6.07) is 8.43. The third-order valence-electron chi connectivity index (χ3n) is 2.75. The summed E-state index contributed by atoms with van der Waals surface area (Å²) in [6.45, 7) is 1.78. The number of hydrogen-bond acceptors (Lipinski definition) is 3. The molecule has 0 bridgehead atoms. The molecular weight excluding hydrogens is 354 g/mol. The number of thioether (sulfide) groups is 1. The van der Waals surface area contributed by atoms with Gasteiger partial charge in [0.25, 0.3) is 10.0 Å². The lowest BCUT2D eigenvalue weighted by atomic mass is 10.2. The van der Waals surface area contributed by atoms with Crippen molar-refractivity contribution in [2.45, 2.75) is 22.2 Å². The van der Waals surface area contributed by atoms with Gasteiger partial charge in [-0.15, -0.1) is 0 Å². The monoisotopic (exact) mass is 365 g/mol. The van der Waals surface area contributed by atoms with Crippen LogP contribution in [-0.2, 0) is 10.0 Å². The van der Waals surface area contributed by atoms with Gasteiger partial charge in [-0.2, -0.15) is 13.2 Å². The van der Waals surface area contributed by atoms with Crippen LogP contribution >= 0.6 is 11.8 Å². The number of rotatable bonds is 4. The van der Waals surface area contributed by atoms with Gasteiger partial charge in [-0.25, -0.2) is 12.8 Å². The minimum atomic E-state index is -4.55. The lowest BCUT2D eigenvalue weighted by molar-refractivity contribution is -0.0328. The Kier molecular flexibility index (Phi) is 4.90. The first-order valence-corrected chi connectivity index (χ1v) is 8.51. The molecule has 0 saturated carbocycles. The molecule has 1 N–H and O–H groups in total. The van der Waals surface area contributed by atoms with Gasteiger partial charge in [-0.05, 0) is 49.0 Å². The van der Waals surface area contributed by atoms with Gasteiger partial charge in [0.1, 0.15) is 5.82 Å². The Morgan fingerprint density at radius 3 is 2.17 bits per heavy atom. The second kappa shape index (κ2) is 6.40. The smallest absolute Gasteiger partial charge is 0.277 e. The van der Waals surface area contributed by atoms with E-state index in [0.29, 0.717) is 6.07 Å². The van der Waals surface area contributed by atoms with Crippen molar-refractivity contribution in [2.75, 3.05) is 4.72 Å². The summed E-state index contributed by atoms with van der Waals surface area (Å²) in [5.41, 5.74) is -4.12. The Hall–Kier alpha value is -1.74. The zero-order chi connectivity index (χ0) is 17.3. The first-order valence-electron chi connectivity index (χ1n) is 6.22. The minimum Gasteiger partial charge on any atom is -0.277 e. The molecular formula is C14H11F4NO2S2. The van der Waals surface area contributed by atoms with Crippen molar-refractivity contribution in [3.63, 3.8) is 0 Å². The van der Waals surface area contributed by atoms with Crippen molar-refractivity contribution in [3.8, 4) is 0 Å². The van der Waals surface area contributed by atoms with Gasteiger partial charge in [0, 0.05) is 4.90 Å². The van der Waals surface area contributed by atoms with Gasteiger partial charge in [0.2, 0.25) is 0 Å². The predicted molar refractivity (Wildman–Crippen MR) is 80.3 cm³/mol. The summed E-state index contributed by atoms with van der Waals surface area (Å²) in [5, 5.41) is 0. The van der Waals surface area contributed by atoms with Crippen molar-refractivity contribution < 1.29 is 26.0 Å². The molecule has 0 saturated heterocycles. The molecule has 0 aliphatic heterocycles. The number of hydrogen-bond donors (Lipinski definition) is 1. The maximum atomic E-state index is 13.8. The zero-order valence-electron chi connectivity index (χ0n) is 11.7. The van der Waals surface area contributed by atoms with Gasteiger partial charge in [-0.1, -0.05) is 17.7 Å². The number of benzene rings is 2. The molecule has 2 rings (SSSR count). The molecule has 0 aliphatic rings. The van der Waals surface area contributed by atoms with Crippen molar-refractivity contribution in [3.05, 3.63) is 53.8 Å². The summed E-state index contributed by atoms with van der Waals surface area (Å²) in [5.74, 6) is -1.09. The van der Waals surface area contributed by atoms with E-state index in [4.69, 9.17) is 0 Å². The molecule has 0 aliphatic carbocycles. The standard InChI is InChI=1S/C14H11F4NO2S2/c1-9-2-5-11(6-3-9)23(20,21)19-13-7-4-10(8-12(13)15)22-14(16,17)18/h2-8,19H,1H3. The lowest BCUT2D eigenvalue weighted by Gasteiger charge is -2.11. The summed E-state index contributed by atoms with van der Waals surface area (Å²) in [7, 11) is -4.02. The topological polar surface area (TPSA) is 46.2 Å². The summed E-state index contributed by atoms with van der Waals surface area (Å²) < 4.78 is 76.8. The van der Waals surface area contributed by atoms with Crippen LogP contribution in [0.4, 0.5) is 23.2 Å². The normalized spacial score (nSPS) is 12.2. The van der Waals surface area contributed by atoms with Crippen LogP contribution in [0.15, 0.2) is 52.3 Å². The molecule has 0 fully saturated rings. The average Bonchev–Trinajstić information content (AvgIpc) is 2.40. The molecule has 2 aromatic rings. The molecule has 0 heterocycles. The molecule has 0 radical (unpaired) electrons. The van der Waals surface area contributed by atoms with E-state index in [1.807, 2.05) is 4.72 Å². The molecule has 0 spiro atoms. The van der Waals surface area contributed by atoms with Crippen LogP contribution in [0.1, 0.15) is 5.56 Å². The van der Waals surface area contributed by atoms with Crippen LogP contribution in [0.2, 0.25) is 0 Å². The predicted octanol–water partition coefficient (Wildman–Crippen LogP) is 4.55. The Morgan fingerprint density at radius 2 is 1.65 bits per heavy atom. The fraction of sp³-hybridized carbons (Fsp3) is 0.143. The molecule has 0 unspecified atom stereocenters. The summed E-state index contributed by atoms with van der Waals surface area (Å²) in [4.78, 5) is -0.440. The number of halogens is 4. The van der Waals surface area contributed by atoms with E-state index >= 15 is 0 Å². The second-order valence-corrected chi connectivity index (χ2v) is 7.43. The molecule has 3 nitrogen and oxygen atoms in total. The highest BCUT2D eigenvalue weighted by molar-refractivity contribution is 8.00. The number of nitrogens with one attached hydrogen (secondary N) is 1. The lowest BCUT2D eigenvalue weighted by Crippen LogP contribution is -2.14. The number of aryl methyl sites for hydroxylation is 1. The van der Waals surface area contributed by atoms with Crippen molar-refractivity contribution >= 4 is 27.5 Å². The third kappa shape index (κ3) is 4.87. The molecule has 0 atom stereocenters. The first kappa shape index (κ1) is 17.6. The molecule has 2 aromatic carbocycles. The third-order valence-corrected chi connectivity index (χ3v) is 4.85. The minimum absolute atomic E-state index is 0.0729. The quantitative estimate of drug-likeness (QED) is 0.639. The van der Waals surface area contributed by atoms with Gasteiger partial charge in [0.05, 0.1) is 10.6 Å². The average molecular weight is 365 g/mol. The summed E-state index contributed by atoms with van der Waals surface area (Å²) >= 11 is -0.478. The molecule has 124 valence electrons. The maximum absolute atomic E-state index is 13.8. The Bertz CT molecular complexity index is 803. The number of alkyl halides is 3. The van der Waals surface area contributed by atoms with E-state index in [1.165, 1.54) is 12.1 Å². The molecule has 9 heteroatoms. The maximum Gasteiger partial charge on any atom is 0.446 e. The SMILES string of the molecule is Cc1ccc(S(=O)(=O)Nc2ccc(SC(F)(F)F)cc2F)cc1. The van der Waals surface area contributed by atoms with Crippen LogP contribution < -0.4 is 4.72 Å². The zero-order valence-corrected chi connectivity index (χ0v) is 13.3. The van der Waals surface area contributed by atoms with Crippen LogP contribution in [-0.4, -0.2) is 13.9 Å². The van der Waals surface area contributed by atoms with Gasteiger partial charge >= 0.3 is 5.51 Å². The molecule has 0 aromatic heterocycles. The van der Waals surface area contributed by atoms with Crippen LogP contribution in [0.5, 0.6) is 0 Å². The Labute approximate surface area is 134 Å². The van der Waals surface area contributed by atoms with E-state index < -0.39 is 38.8 Å². The van der Waals surface area contributed by atoms with Crippen LogP contribution in [0.3, 0.4) is 0 Å². The highest BCUT2D eigenvalue weighted by Gasteiger charge is 2.29.